The lowest BCUT2D eigenvalue weighted by atomic mass is 10.2. The Kier molecular flexibility index (Phi) is 5.17. The van der Waals surface area contributed by atoms with Crippen molar-refractivity contribution in [3.05, 3.63) is 24.8 Å². The Balaban J connectivity index is 3.21. The van der Waals surface area contributed by atoms with Crippen LogP contribution in [-0.2, 0) is 9.53 Å². The summed E-state index contributed by atoms with van der Waals surface area (Å²) in [5, 5.41) is 0. The first-order chi connectivity index (χ1) is 5.16. The first kappa shape index (κ1) is 9.95. The molecule has 0 heterocycles. The van der Waals surface area contributed by atoms with Gasteiger partial charge in [-0.3, -0.25) is 4.79 Å². The molecule has 0 atom stereocenters. The number of hydrogen-bond acceptors (Lipinski definition) is 2. The van der Waals surface area contributed by atoms with Crippen LogP contribution in [0.1, 0.15) is 19.8 Å². The van der Waals surface area contributed by atoms with Gasteiger partial charge in [-0.05, 0) is 12.8 Å². The number of carbonyl (C=O) groups is 1. The summed E-state index contributed by atoms with van der Waals surface area (Å²) >= 11 is 0. The van der Waals surface area contributed by atoms with E-state index in [4.69, 9.17) is 4.74 Å². The quantitative estimate of drug-likeness (QED) is 0.344. The summed E-state index contributed by atoms with van der Waals surface area (Å²) in [6, 6.07) is 0. The molecule has 0 spiro atoms. The van der Waals surface area contributed by atoms with Gasteiger partial charge in [-0.15, -0.1) is 0 Å². The summed E-state index contributed by atoms with van der Waals surface area (Å²) in [5.41, 5.74) is 0.983. The summed E-state index contributed by atoms with van der Waals surface area (Å²) in [4.78, 5) is 10.3. The van der Waals surface area contributed by atoms with Gasteiger partial charge in [-0.25, -0.2) is 0 Å². The molecular formula is C9H14O2. The molecule has 2 nitrogen and oxygen atoms in total. The Labute approximate surface area is 67.6 Å². The molecule has 0 N–H and O–H groups in total. The fourth-order valence-electron chi connectivity index (χ4n) is 0.617. The molecule has 62 valence electrons. The molecule has 0 radical (unpaired) electrons. The minimum absolute atomic E-state index is 0.228. The number of esters is 1. The smallest absolute Gasteiger partial charge is 0.302 e. The number of allylic oxidation sites excluding steroid dienone is 2. The fourth-order valence-corrected chi connectivity index (χ4v) is 0.617. The summed E-state index contributed by atoms with van der Waals surface area (Å²) in [6.07, 6.45) is 3.38. The molecule has 0 aromatic rings. The van der Waals surface area contributed by atoms with Crippen molar-refractivity contribution in [2.75, 3.05) is 6.61 Å². The summed E-state index contributed by atoms with van der Waals surface area (Å²) < 4.78 is 4.72. The first-order valence-electron chi connectivity index (χ1n) is 3.60. The van der Waals surface area contributed by atoms with Crippen LogP contribution in [0.5, 0.6) is 0 Å². The second-order valence-corrected chi connectivity index (χ2v) is 2.31. The minimum atomic E-state index is -0.228. The van der Waals surface area contributed by atoms with Gasteiger partial charge in [-0.1, -0.05) is 24.8 Å². The van der Waals surface area contributed by atoms with E-state index in [9.17, 15) is 4.79 Å². The van der Waals surface area contributed by atoms with Gasteiger partial charge in [0.2, 0.25) is 0 Å². The van der Waals surface area contributed by atoms with Crippen LogP contribution in [0, 0.1) is 0 Å². The lowest BCUT2D eigenvalue weighted by Gasteiger charge is -2.00. The van der Waals surface area contributed by atoms with E-state index in [2.05, 4.69) is 13.2 Å². The van der Waals surface area contributed by atoms with Gasteiger partial charge in [0.15, 0.2) is 0 Å². The predicted molar refractivity (Wildman–Crippen MR) is 45.2 cm³/mol. The Bertz CT molecular complexity index is 159. The molecule has 0 saturated carbocycles. The largest absolute Gasteiger partial charge is 0.466 e. The third-order valence-corrected chi connectivity index (χ3v) is 1.24. The molecule has 0 saturated heterocycles. The molecular weight excluding hydrogens is 140 g/mol. The molecule has 0 rings (SSSR count). The van der Waals surface area contributed by atoms with E-state index < -0.39 is 0 Å². The van der Waals surface area contributed by atoms with Crippen LogP contribution in [0.25, 0.3) is 0 Å². The van der Waals surface area contributed by atoms with Gasteiger partial charge >= 0.3 is 5.97 Å². The summed E-state index contributed by atoms with van der Waals surface area (Å²) in [7, 11) is 0. The predicted octanol–water partition coefficient (Wildman–Crippen LogP) is 2.07. The van der Waals surface area contributed by atoms with Gasteiger partial charge in [0.25, 0.3) is 0 Å². The number of hydrogen-bond donors (Lipinski definition) is 0. The highest BCUT2D eigenvalue weighted by Crippen LogP contribution is 2.02. The van der Waals surface area contributed by atoms with Gasteiger partial charge in [0.05, 0.1) is 6.61 Å². The molecule has 0 aromatic carbocycles. The Morgan fingerprint density at radius 2 is 2.27 bits per heavy atom. The summed E-state index contributed by atoms with van der Waals surface area (Å²) in [6.45, 7) is 9.18. The molecule has 0 unspecified atom stereocenters. The number of rotatable bonds is 5. The van der Waals surface area contributed by atoms with Crippen molar-refractivity contribution < 1.29 is 9.53 Å². The van der Waals surface area contributed by atoms with E-state index in [1.807, 2.05) is 0 Å². The van der Waals surface area contributed by atoms with E-state index in [-0.39, 0.29) is 5.97 Å². The molecule has 0 aromatic heterocycles. The second kappa shape index (κ2) is 5.71. The maximum atomic E-state index is 10.3. The van der Waals surface area contributed by atoms with Crippen molar-refractivity contribution in [1.29, 1.82) is 0 Å². The third kappa shape index (κ3) is 6.84. The lowest BCUT2D eigenvalue weighted by molar-refractivity contribution is -0.141. The van der Waals surface area contributed by atoms with Crippen LogP contribution < -0.4 is 0 Å². The molecule has 11 heavy (non-hydrogen) atoms. The van der Waals surface area contributed by atoms with E-state index in [0.717, 1.165) is 18.4 Å². The Morgan fingerprint density at radius 1 is 1.64 bits per heavy atom. The highest BCUT2D eigenvalue weighted by Gasteiger charge is 1.92. The first-order valence-corrected chi connectivity index (χ1v) is 3.60. The zero-order chi connectivity index (χ0) is 8.69. The highest BCUT2D eigenvalue weighted by molar-refractivity contribution is 5.65. The van der Waals surface area contributed by atoms with E-state index in [0.29, 0.717) is 6.61 Å². The Morgan fingerprint density at radius 3 is 2.73 bits per heavy atom. The van der Waals surface area contributed by atoms with Crippen molar-refractivity contribution in [3.8, 4) is 0 Å². The summed E-state index contributed by atoms with van der Waals surface area (Å²) in [5.74, 6) is -0.228. The van der Waals surface area contributed by atoms with E-state index >= 15 is 0 Å². The normalized spacial score (nSPS) is 8.82. The average Bonchev–Trinajstić information content (AvgIpc) is 1.97. The zero-order valence-corrected chi connectivity index (χ0v) is 6.93. The maximum absolute atomic E-state index is 10.3. The maximum Gasteiger partial charge on any atom is 0.302 e. The van der Waals surface area contributed by atoms with Crippen molar-refractivity contribution in [2.24, 2.45) is 0 Å². The van der Waals surface area contributed by atoms with Crippen LogP contribution in [0.15, 0.2) is 24.8 Å². The van der Waals surface area contributed by atoms with Crippen molar-refractivity contribution in [1.82, 2.24) is 0 Å². The topological polar surface area (TPSA) is 26.3 Å². The number of carbonyl (C=O) groups excluding carboxylic acids is 1. The van der Waals surface area contributed by atoms with Crippen molar-refractivity contribution >= 4 is 5.97 Å². The van der Waals surface area contributed by atoms with Gasteiger partial charge in [0, 0.05) is 6.92 Å². The van der Waals surface area contributed by atoms with Crippen LogP contribution in [0.4, 0.5) is 0 Å². The third-order valence-electron chi connectivity index (χ3n) is 1.24. The van der Waals surface area contributed by atoms with Crippen LogP contribution >= 0.6 is 0 Å². The molecule has 0 aliphatic carbocycles. The minimum Gasteiger partial charge on any atom is -0.466 e. The average molecular weight is 154 g/mol. The van der Waals surface area contributed by atoms with Crippen molar-refractivity contribution in [2.45, 2.75) is 19.8 Å². The SMILES string of the molecule is C=CC(=C)CCCOC(C)=O. The van der Waals surface area contributed by atoms with E-state index in [1.165, 1.54) is 6.92 Å². The standard InChI is InChI=1S/C9H14O2/c1-4-8(2)6-5-7-11-9(3)10/h4H,1-2,5-7H2,3H3. The molecule has 0 bridgehead atoms. The Hall–Kier alpha value is -1.05. The van der Waals surface area contributed by atoms with Gasteiger partial charge in [-0.2, -0.15) is 0 Å². The molecule has 2 heteroatoms. The van der Waals surface area contributed by atoms with Gasteiger partial charge in [0.1, 0.15) is 0 Å². The van der Waals surface area contributed by atoms with Crippen LogP contribution in [-0.4, -0.2) is 12.6 Å². The van der Waals surface area contributed by atoms with E-state index in [1.54, 1.807) is 6.08 Å². The number of ether oxygens (including phenoxy) is 1. The second-order valence-electron chi connectivity index (χ2n) is 2.31. The lowest BCUT2D eigenvalue weighted by Crippen LogP contribution is -2.00. The highest BCUT2D eigenvalue weighted by atomic mass is 16.5. The van der Waals surface area contributed by atoms with Crippen LogP contribution in [0.2, 0.25) is 0 Å². The monoisotopic (exact) mass is 154 g/mol. The molecule has 0 aliphatic rings. The van der Waals surface area contributed by atoms with Crippen LogP contribution in [0.3, 0.4) is 0 Å². The molecule has 0 aliphatic heterocycles. The van der Waals surface area contributed by atoms with Crippen molar-refractivity contribution in [3.63, 3.8) is 0 Å². The van der Waals surface area contributed by atoms with Gasteiger partial charge < -0.3 is 4.74 Å². The zero-order valence-electron chi connectivity index (χ0n) is 6.93. The molecule has 0 fully saturated rings. The fraction of sp³-hybridized carbons (Fsp3) is 0.444. The molecule has 0 amide bonds.